The molecule has 1 N–H and O–H groups in total. The summed E-state index contributed by atoms with van der Waals surface area (Å²) in [5.41, 5.74) is 4.28. The molecule has 100 valence electrons. The first-order valence-electron chi connectivity index (χ1n) is 6.85. The first-order valence-corrected chi connectivity index (χ1v) is 8.61. The first-order chi connectivity index (χ1) is 9.90. The molecular formula is C17H15NS2. The van der Waals surface area contributed by atoms with E-state index in [1.165, 1.54) is 26.6 Å². The lowest BCUT2D eigenvalue weighted by Gasteiger charge is -2.13. The van der Waals surface area contributed by atoms with Crippen LogP contribution in [0.2, 0.25) is 0 Å². The molecule has 1 nitrogen and oxygen atoms in total. The van der Waals surface area contributed by atoms with E-state index in [0.717, 1.165) is 12.8 Å². The number of nitrogens with one attached hydrogen (secondary N) is 1. The number of thiophene rings is 2. The Kier molecular flexibility index (Phi) is 3.09. The summed E-state index contributed by atoms with van der Waals surface area (Å²) in [6.45, 7) is 0. The van der Waals surface area contributed by atoms with Crippen LogP contribution in [0.15, 0.2) is 53.2 Å². The summed E-state index contributed by atoms with van der Waals surface area (Å²) < 4.78 is 0. The van der Waals surface area contributed by atoms with Crippen LogP contribution in [0, 0.1) is 0 Å². The Labute approximate surface area is 126 Å². The van der Waals surface area contributed by atoms with Crippen molar-refractivity contribution < 1.29 is 0 Å². The second-order valence-corrected chi connectivity index (χ2v) is 7.02. The van der Waals surface area contributed by atoms with Crippen molar-refractivity contribution in [3.63, 3.8) is 0 Å². The fraction of sp³-hybridized carbons (Fsp3) is 0.176. The van der Waals surface area contributed by atoms with Crippen LogP contribution in [0.4, 0.5) is 5.69 Å². The van der Waals surface area contributed by atoms with Gasteiger partial charge in [0, 0.05) is 10.9 Å². The standard InChI is InChI=1S/C17H15NS2/c1-2-5-13-11-14(10-12(13)4-1)18-15-7-9-20-17(15)16-6-3-8-19-16/h1-9,14,18H,10-11H2. The molecule has 2 heterocycles. The molecule has 0 atom stereocenters. The minimum absolute atomic E-state index is 0.528. The fourth-order valence-corrected chi connectivity index (χ4v) is 4.65. The van der Waals surface area contributed by atoms with Crippen molar-refractivity contribution in [2.24, 2.45) is 0 Å². The summed E-state index contributed by atoms with van der Waals surface area (Å²) in [5, 5.41) is 8.06. The maximum atomic E-state index is 3.74. The zero-order valence-electron chi connectivity index (χ0n) is 11.0. The van der Waals surface area contributed by atoms with E-state index >= 15 is 0 Å². The molecule has 3 heteroatoms. The Morgan fingerprint density at radius 2 is 1.65 bits per heavy atom. The van der Waals surface area contributed by atoms with E-state index in [1.54, 1.807) is 0 Å². The summed E-state index contributed by atoms with van der Waals surface area (Å²) in [6, 6.07) is 15.9. The van der Waals surface area contributed by atoms with Gasteiger partial charge in [0.25, 0.3) is 0 Å². The van der Waals surface area contributed by atoms with E-state index in [0.29, 0.717) is 6.04 Å². The summed E-state index contributed by atoms with van der Waals surface area (Å²) in [6.07, 6.45) is 2.27. The van der Waals surface area contributed by atoms with Gasteiger partial charge in [-0.3, -0.25) is 0 Å². The number of anilines is 1. The zero-order chi connectivity index (χ0) is 13.4. The number of hydrogen-bond donors (Lipinski definition) is 1. The van der Waals surface area contributed by atoms with Gasteiger partial charge in [-0.2, -0.15) is 0 Å². The van der Waals surface area contributed by atoms with Crippen molar-refractivity contribution in [2.75, 3.05) is 5.32 Å². The quantitative estimate of drug-likeness (QED) is 0.713. The third kappa shape index (κ3) is 2.17. The first kappa shape index (κ1) is 12.2. The Morgan fingerprint density at radius 3 is 2.35 bits per heavy atom. The molecule has 0 bridgehead atoms. The van der Waals surface area contributed by atoms with Crippen LogP contribution in [0.3, 0.4) is 0 Å². The molecule has 2 aromatic heterocycles. The second-order valence-electron chi connectivity index (χ2n) is 5.16. The molecule has 0 saturated carbocycles. The second kappa shape index (κ2) is 5.08. The number of fused-ring (bicyclic) bond motifs is 1. The highest BCUT2D eigenvalue weighted by Gasteiger charge is 2.21. The highest BCUT2D eigenvalue weighted by Crippen LogP contribution is 2.37. The SMILES string of the molecule is c1csc(-c2sccc2NC2Cc3ccccc3C2)c1. The molecule has 0 amide bonds. The van der Waals surface area contributed by atoms with E-state index < -0.39 is 0 Å². The topological polar surface area (TPSA) is 12.0 Å². The lowest BCUT2D eigenvalue weighted by atomic mass is 10.1. The van der Waals surface area contributed by atoms with Gasteiger partial charge in [-0.05, 0) is 46.9 Å². The van der Waals surface area contributed by atoms with Crippen molar-refractivity contribution in [1.82, 2.24) is 0 Å². The normalized spacial score (nSPS) is 14.4. The fourth-order valence-electron chi connectivity index (χ4n) is 2.90. The van der Waals surface area contributed by atoms with Crippen LogP contribution in [0.1, 0.15) is 11.1 Å². The average molecular weight is 297 g/mol. The summed E-state index contributed by atoms with van der Waals surface area (Å²) in [4.78, 5) is 2.73. The van der Waals surface area contributed by atoms with Gasteiger partial charge >= 0.3 is 0 Å². The molecule has 1 aromatic carbocycles. The van der Waals surface area contributed by atoms with Crippen LogP contribution in [-0.4, -0.2) is 6.04 Å². The lowest BCUT2D eigenvalue weighted by molar-refractivity contribution is 0.775. The van der Waals surface area contributed by atoms with E-state index in [2.05, 4.69) is 58.5 Å². The van der Waals surface area contributed by atoms with Gasteiger partial charge < -0.3 is 5.32 Å². The Bertz CT molecular complexity index is 687. The van der Waals surface area contributed by atoms with Gasteiger partial charge in [0.05, 0.1) is 10.6 Å². The Morgan fingerprint density at radius 1 is 0.850 bits per heavy atom. The molecule has 0 aliphatic heterocycles. The molecule has 1 aliphatic rings. The zero-order valence-corrected chi connectivity index (χ0v) is 12.6. The molecular weight excluding hydrogens is 282 g/mol. The van der Waals surface area contributed by atoms with Gasteiger partial charge in [0.15, 0.2) is 0 Å². The molecule has 0 radical (unpaired) electrons. The maximum Gasteiger partial charge on any atom is 0.0674 e. The minimum atomic E-state index is 0.528. The average Bonchev–Trinajstić information content (AvgIpc) is 3.18. The van der Waals surface area contributed by atoms with Crippen molar-refractivity contribution in [3.8, 4) is 9.75 Å². The van der Waals surface area contributed by atoms with Crippen molar-refractivity contribution in [2.45, 2.75) is 18.9 Å². The molecule has 1 aliphatic carbocycles. The predicted octanol–water partition coefficient (Wildman–Crippen LogP) is 5.06. The van der Waals surface area contributed by atoms with Crippen molar-refractivity contribution >= 4 is 28.4 Å². The Hall–Kier alpha value is -1.58. The lowest BCUT2D eigenvalue weighted by Crippen LogP contribution is -2.19. The van der Waals surface area contributed by atoms with Gasteiger partial charge in [-0.25, -0.2) is 0 Å². The molecule has 4 rings (SSSR count). The van der Waals surface area contributed by atoms with E-state index in [4.69, 9.17) is 0 Å². The van der Waals surface area contributed by atoms with Gasteiger partial charge in [0.1, 0.15) is 0 Å². The highest BCUT2D eigenvalue weighted by atomic mass is 32.1. The molecule has 0 saturated heterocycles. The van der Waals surface area contributed by atoms with E-state index in [1.807, 2.05) is 22.7 Å². The summed E-state index contributed by atoms with van der Waals surface area (Å²) in [7, 11) is 0. The highest BCUT2D eigenvalue weighted by molar-refractivity contribution is 7.20. The molecule has 20 heavy (non-hydrogen) atoms. The molecule has 0 unspecified atom stereocenters. The van der Waals surface area contributed by atoms with Crippen LogP contribution >= 0.6 is 22.7 Å². The minimum Gasteiger partial charge on any atom is -0.380 e. The van der Waals surface area contributed by atoms with E-state index in [9.17, 15) is 0 Å². The largest absolute Gasteiger partial charge is 0.380 e. The third-order valence-corrected chi connectivity index (χ3v) is 5.79. The smallest absolute Gasteiger partial charge is 0.0674 e. The van der Waals surface area contributed by atoms with Crippen LogP contribution in [-0.2, 0) is 12.8 Å². The number of hydrogen-bond acceptors (Lipinski definition) is 3. The van der Waals surface area contributed by atoms with Crippen molar-refractivity contribution in [1.29, 1.82) is 0 Å². The van der Waals surface area contributed by atoms with Gasteiger partial charge in [-0.1, -0.05) is 30.3 Å². The van der Waals surface area contributed by atoms with Crippen LogP contribution in [0.5, 0.6) is 0 Å². The van der Waals surface area contributed by atoms with Crippen LogP contribution < -0.4 is 5.32 Å². The molecule has 0 fully saturated rings. The third-order valence-electron chi connectivity index (χ3n) is 3.82. The maximum absolute atomic E-state index is 3.74. The molecule has 0 spiro atoms. The Balaban J connectivity index is 1.56. The summed E-state index contributed by atoms with van der Waals surface area (Å²) >= 11 is 3.63. The van der Waals surface area contributed by atoms with Crippen LogP contribution in [0.25, 0.3) is 9.75 Å². The number of rotatable bonds is 3. The van der Waals surface area contributed by atoms with Gasteiger partial charge in [-0.15, -0.1) is 22.7 Å². The molecule has 3 aromatic rings. The van der Waals surface area contributed by atoms with Crippen molar-refractivity contribution in [3.05, 3.63) is 64.4 Å². The number of benzene rings is 1. The monoisotopic (exact) mass is 297 g/mol. The van der Waals surface area contributed by atoms with E-state index in [-0.39, 0.29) is 0 Å². The van der Waals surface area contributed by atoms with Gasteiger partial charge in [0.2, 0.25) is 0 Å². The summed E-state index contributed by atoms with van der Waals surface area (Å²) in [5.74, 6) is 0. The predicted molar refractivity (Wildman–Crippen MR) is 88.9 cm³/mol.